The molecule has 32 heavy (non-hydrogen) atoms. The predicted octanol–water partition coefficient (Wildman–Crippen LogP) is 3.47. The van der Waals surface area contributed by atoms with E-state index in [2.05, 4.69) is 21.2 Å². The van der Waals surface area contributed by atoms with Crippen molar-refractivity contribution in [3.63, 3.8) is 0 Å². The highest BCUT2D eigenvalue weighted by Crippen LogP contribution is 2.24. The quantitative estimate of drug-likeness (QED) is 0.598. The Morgan fingerprint density at radius 1 is 0.844 bits per heavy atom. The highest BCUT2D eigenvalue weighted by Gasteiger charge is 2.27. The Kier molecular flexibility index (Phi) is 5.43. The average molecular weight is 427 g/mol. The summed E-state index contributed by atoms with van der Waals surface area (Å²) in [6, 6.07) is 16.7. The van der Waals surface area contributed by atoms with E-state index in [1.165, 1.54) is 5.56 Å². The van der Waals surface area contributed by atoms with E-state index in [-0.39, 0.29) is 11.7 Å². The third-order valence-electron chi connectivity index (χ3n) is 6.41. The molecule has 1 saturated heterocycles. The summed E-state index contributed by atoms with van der Waals surface area (Å²) in [5.41, 5.74) is 5.03. The largest absolute Gasteiger partial charge is 0.352 e. The standard InChI is InChI=1S/C26H26N4O2/c1-18-9-11-19(12-10-18)25(31)21-6-2-3-7-22(21)26(32)30-15-13-29(14-16-30)24-17-20-5-4-8-23(20)27-28-24/h2-3,6-7,9-12,17H,4-5,8,13-16H2,1H3. The topological polar surface area (TPSA) is 66.4 Å². The molecule has 2 aliphatic rings. The number of hydrogen-bond donors (Lipinski definition) is 0. The minimum atomic E-state index is -0.124. The molecule has 0 spiro atoms. The number of anilines is 1. The van der Waals surface area contributed by atoms with E-state index >= 15 is 0 Å². The maximum Gasteiger partial charge on any atom is 0.254 e. The third kappa shape index (κ3) is 3.88. The van der Waals surface area contributed by atoms with E-state index in [1.807, 2.05) is 48.2 Å². The van der Waals surface area contributed by atoms with Crippen LogP contribution in [0.1, 0.15) is 49.5 Å². The molecule has 1 aliphatic heterocycles. The van der Waals surface area contributed by atoms with Crippen LogP contribution in [0.3, 0.4) is 0 Å². The number of ketones is 1. The maximum atomic E-state index is 13.3. The lowest BCUT2D eigenvalue weighted by Gasteiger charge is -2.35. The van der Waals surface area contributed by atoms with Gasteiger partial charge >= 0.3 is 0 Å². The molecule has 2 heterocycles. The highest BCUT2D eigenvalue weighted by molar-refractivity contribution is 6.15. The number of rotatable bonds is 4. The van der Waals surface area contributed by atoms with Crippen LogP contribution in [0.2, 0.25) is 0 Å². The van der Waals surface area contributed by atoms with E-state index < -0.39 is 0 Å². The Bertz CT molecular complexity index is 1160. The Balaban J connectivity index is 1.30. The molecule has 1 aliphatic carbocycles. The fraction of sp³-hybridized carbons (Fsp3) is 0.308. The molecule has 5 rings (SSSR count). The van der Waals surface area contributed by atoms with Crippen LogP contribution in [-0.2, 0) is 12.8 Å². The molecule has 0 bridgehead atoms. The smallest absolute Gasteiger partial charge is 0.254 e. The van der Waals surface area contributed by atoms with Gasteiger partial charge in [0.05, 0.1) is 11.3 Å². The van der Waals surface area contributed by atoms with Gasteiger partial charge in [-0.2, -0.15) is 5.10 Å². The van der Waals surface area contributed by atoms with E-state index in [0.717, 1.165) is 36.3 Å². The second-order valence-electron chi connectivity index (χ2n) is 8.55. The Labute approximate surface area is 187 Å². The summed E-state index contributed by atoms with van der Waals surface area (Å²) in [6.45, 7) is 4.57. The van der Waals surface area contributed by atoms with Crippen LogP contribution in [0.4, 0.5) is 5.82 Å². The van der Waals surface area contributed by atoms with Gasteiger partial charge in [0.15, 0.2) is 11.6 Å². The molecule has 1 amide bonds. The second-order valence-corrected chi connectivity index (χ2v) is 8.55. The van der Waals surface area contributed by atoms with Crippen molar-refractivity contribution in [2.75, 3.05) is 31.1 Å². The molecule has 0 saturated carbocycles. The summed E-state index contributed by atoms with van der Waals surface area (Å²) < 4.78 is 0. The number of nitrogens with zero attached hydrogens (tertiary/aromatic N) is 4. The summed E-state index contributed by atoms with van der Waals surface area (Å²) >= 11 is 0. The van der Waals surface area contributed by atoms with Crippen molar-refractivity contribution < 1.29 is 9.59 Å². The van der Waals surface area contributed by atoms with Crippen LogP contribution in [0.15, 0.2) is 54.6 Å². The fourth-order valence-electron chi connectivity index (χ4n) is 4.51. The maximum absolute atomic E-state index is 13.3. The molecule has 3 aromatic rings. The molecule has 1 aromatic heterocycles. The number of benzene rings is 2. The van der Waals surface area contributed by atoms with Gasteiger partial charge in [-0.05, 0) is 43.9 Å². The summed E-state index contributed by atoms with van der Waals surface area (Å²) in [5, 5.41) is 8.80. The zero-order valence-electron chi connectivity index (χ0n) is 18.3. The summed E-state index contributed by atoms with van der Waals surface area (Å²) in [4.78, 5) is 30.5. The van der Waals surface area contributed by atoms with E-state index in [1.54, 1.807) is 12.1 Å². The van der Waals surface area contributed by atoms with Crippen LogP contribution >= 0.6 is 0 Å². The van der Waals surface area contributed by atoms with Crippen molar-refractivity contribution >= 4 is 17.5 Å². The number of aryl methyl sites for hydroxylation is 3. The predicted molar refractivity (Wildman–Crippen MR) is 123 cm³/mol. The molecule has 162 valence electrons. The number of hydrogen-bond acceptors (Lipinski definition) is 5. The SMILES string of the molecule is Cc1ccc(C(=O)c2ccccc2C(=O)N2CCN(c3cc4c(nn3)CCC4)CC2)cc1. The van der Waals surface area contributed by atoms with Crippen LogP contribution in [-0.4, -0.2) is 53.0 Å². The fourth-order valence-corrected chi connectivity index (χ4v) is 4.51. The average Bonchev–Trinajstić information content (AvgIpc) is 3.32. The van der Waals surface area contributed by atoms with Crippen molar-refractivity contribution in [3.8, 4) is 0 Å². The van der Waals surface area contributed by atoms with Gasteiger partial charge in [0.2, 0.25) is 0 Å². The normalized spacial score (nSPS) is 15.5. The third-order valence-corrected chi connectivity index (χ3v) is 6.41. The zero-order valence-corrected chi connectivity index (χ0v) is 18.3. The van der Waals surface area contributed by atoms with Crippen LogP contribution in [0.25, 0.3) is 0 Å². The van der Waals surface area contributed by atoms with Gasteiger partial charge in [-0.1, -0.05) is 48.0 Å². The summed E-state index contributed by atoms with van der Waals surface area (Å²) in [6.07, 6.45) is 3.24. The molecular weight excluding hydrogens is 400 g/mol. The monoisotopic (exact) mass is 426 g/mol. The lowest BCUT2D eigenvalue weighted by Crippen LogP contribution is -2.49. The first-order chi connectivity index (χ1) is 15.6. The molecule has 1 fully saturated rings. The van der Waals surface area contributed by atoms with Crippen LogP contribution < -0.4 is 4.90 Å². The number of carbonyl (C=O) groups is 2. The van der Waals surface area contributed by atoms with E-state index in [0.29, 0.717) is 42.9 Å². The number of amides is 1. The lowest BCUT2D eigenvalue weighted by atomic mass is 9.97. The molecule has 0 radical (unpaired) electrons. The summed E-state index contributed by atoms with van der Waals surface area (Å²) in [7, 11) is 0. The molecule has 6 nitrogen and oxygen atoms in total. The molecule has 2 aromatic carbocycles. The minimum Gasteiger partial charge on any atom is -0.352 e. The molecule has 6 heteroatoms. The van der Waals surface area contributed by atoms with Crippen molar-refractivity contribution in [2.45, 2.75) is 26.2 Å². The van der Waals surface area contributed by atoms with Gasteiger partial charge in [-0.15, -0.1) is 5.10 Å². The Morgan fingerprint density at radius 3 is 2.31 bits per heavy atom. The Hall–Kier alpha value is -3.54. The molecule has 0 atom stereocenters. The van der Waals surface area contributed by atoms with Gasteiger partial charge in [-0.3, -0.25) is 9.59 Å². The number of aromatic nitrogens is 2. The minimum absolute atomic E-state index is 0.0965. The van der Waals surface area contributed by atoms with Crippen LogP contribution in [0, 0.1) is 6.92 Å². The molecule has 0 unspecified atom stereocenters. The first-order valence-corrected chi connectivity index (χ1v) is 11.2. The molecular formula is C26H26N4O2. The van der Waals surface area contributed by atoms with E-state index in [9.17, 15) is 9.59 Å². The number of fused-ring (bicyclic) bond motifs is 1. The van der Waals surface area contributed by atoms with E-state index in [4.69, 9.17) is 0 Å². The first-order valence-electron chi connectivity index (χ1n) is 11.2. The van der Waals surface area contributed by atoms with Crippen molar-refractivity contribution in [2.24, 2.45) is 0 Å². The number of piperazine rings is 1. The van der Waals surface area contributed by atoms with Gasteiger partial charge in [-0.25, -0.2) is 0 Å². The number of carbonyl (C=O) groups excluding carboxylic acids is 2. The van der Waals surface area contributed by atoms with Crippen molar-refractivity contribution in [1.82, 2.24) is 15.1 Å². The first kappa shape index (κ1) is 20.4. The van der Waals surface area contributed by atoms with Gasteiger partial charge in [0.1, 0.15) is 0 Å². The van der Waals surface area contributed by atoms with Gasteiger partial charge in [0.25, 0.3) is 5.91 Å². The molecule has 0 N–H and O–H groups in total. The van der Waals surface area contributed by atoms with Crippen molar-refractivity contribution in [3.05, 3.63) is 88.1 Å². The highest BCUT2D eigenvalue weighted by atomic mass is 16.2. The lowest BCUT2D eigenvalue weighted by molar-refractivity contribution is 0.0742. The van der Waals surface area contributed by atoms with Gasteiger partial charge in [0, 0.05) is 37.3 Å². The Morgan fingerprint density at radius 2 is 1.56 bits per heavy atom. The van der Waals surface area contributed by atoms with Crippen molar-refractivity contribution in [1.29, 1.82) is 0 Å². The van der Waals surface area contributed by atoms with Crippen LogP contribution in [0.5, 0.6) is 0 Å². The van der Waals surface area contributed by atoms with Gasteiger partial charge < -0.3 is 9.80 Å². The zero-order chi connectivity index (χ0) is 22.1. The second kappa shape index (κ2) is 8.54. The summed E-state index contributed by atoms with van der Waals surface area (Å²) in [5.74, 6) is 0.675.